The van der Waals surface area contributed by atoms with Gasteiger partial charge in [-0.3, -0.25) is 0 Å². The van der Waals surface area contributed by atoms with Crippen molar-refractivity contribution in [2.45, 2.75) is 104 Å². The number of rotatable bonds is 3. The van der Waals surface area contributed by atoms with Gasteiger partial charge in [0, 0.05) is 6.42 Å². The highest BCUT2D eigenvalue weighted by Gasteiger charge is 2.59. The van der Waals surface area contributed by atoms with Crippen LogP contribution < -0.4 is 0 Å². The SMILES string of the molecule is C/C(CCC(O)O)=C1/CC[C@H]2[C@@H]3CC[C@@H]4C[C@@H](F)CC[C@]4(C)[C@H]3CC[C@]12C. The van der Waals surface area contributed by atoms with Gasteiger partial charge in [-0.2, -0.15) is 0 Å². The second kappa shape index (κ2) is 7.13. The second-order valence-electron chi connectivity index (χ2n) is 10.8. The second-order valence-corrected chi connectivity index (χ2v) is 10.8. The molecule has 0 aromatic carbocycles. The largest absolute Gasteiger partial charge is 0.368 e. The number of alkyl halides is 1. The summed E-state index contributed by atoms with van der Waals surface area (Å²) in [6, 6.07) is 0. The molecule has 0 bridgehead atoms. The molecule has 0 aromatic heterocycles. The molecule has 0 unspecified atom stereocenters. The molecule has 3 heteroatoms. The Morgan fingerprint density at radius 2 is 1.85 bits per heavy atom. The van der Waals surface area contributed by atoms with Gasteiger partial charge < -0.3 is 10.2 Å². The summed E-state index contributed by atoms with van der Waals surface area (Å²) in [6.07, 6.45) is 9.83. The van der Waals surface area contributed by atoms with Gasteiger partial charge in [0.2, 0.25) is 0 Å². The third-order valence-corrected chi connectivity index (χ3v) is 9.68. The van der Waals surface area contributed by atoms with Crippen molar-refractivity contribution in [3.05, 3.63) is 11.1 Å². The van der Waals surface area contributed by atoms with Crippen molar-refractivity contribution in [1.82, 2.24) is 0 Å². The van der Waals surface area contributed by atoms with E-state index in [1.165, 1.54) is 44.1 Å². The van der Waals surface area contributed by atoms with Crippen LogP contribution in [0.25, 0.3) is 0 Å². The number of allylic oxidation sites excluding steroid dienone is 2. The topological polar surface area (TPSA) is 40.5 Å². The lowest BCUT2D eigenvalue weighted by Crippen LogP contribution is -2.53. The molecule has 27 heavy (non-hydrogen) atoms. The van der Waals surface area contributed by atoms with Gasteiger partial charge in [-0.15, -0.1) is 0 Å². The molecule has 2 N–H and O–H groups in total. The molecule has 0 spiro atoms. The summed E-state index contributed by atoms with van der Waals surface area (Å²) in [7, 11) is 0. The van der Waals surface area contributed by atoms with E-state index in [2.05, 4.69) is 20.8 Å². The third kappa shape index (κ3) is 3.21. The van der Waals surface area contributed by atoms with Crippen molar-refractivity contribution in [2.24, 2.45) is 34.5 Å². The summed E-state index contributed by atoms with van der Waals surface area (Å²) in [4.78, 5) is 0. The highest BCUT2D eigenvalue weighted by Crippen LogP contribution is 2.67. The lowest BCUT2D eigenvalue weighted by molar-refractivity contribution is -0.108. The first kappa shape index (κ1) is 19.9. The predicted octanol–water partition coefficient (Wildman–Crippen LogP) is 5.77. The van der Waals surface area contributed by atoms with E-state index in [9.17, 15) is 14.6 Å². The fraction of sp³-hybridized carbons (Fsp3) is 0.917. The Kier molecular flexibility index (Phi) is 5.25. The molecule has 0 aromatic rings. The van der Waals surface area contributed by atoms with Gasteiger partial charge >= 0.3 is 0 Å². The van der Waals surface area contributed by atoms with Crippen LogP contribution in [0.5, 0.6) is 0 Å². The molecular formula is C24H39FO2. The van der Waals surface area contributed by atoms with Crippen LogP contribution in [-0.4, -0.2) is 22.7 Å². The van der Waals surface area contributed by atoms with Crippen molar-refractivity contribution in [2.75, 3.05) is 0 Å². The Bertz CT molecular complexity index is 599. The Morgan fingerprint density at radius 3 is 2.59 bits per heavy atom. The van der Waals surface area contributed by atoms with Crippen LogP contribution in [0.2, 0.25) is 0 Å². The molecule has 0 saturated heterocycles. The van der Waals surface area contributed by atoms with Gasteiger partial charge in [0.1, 0.15) is 6.17 Å². The van der Waals surface area contributed by atoms with Crippen LogP contribution >= 0.6 is 0 Å². The molecule has 4 aliphatic rings. The van der Waals surface area contributed by atoms with Gasteiger partial charge in [0.25, 0.3) is 0 Å². The first-order chi connectivity index (χ1) is 12.8. The zero-order valence-corrected chi connectivity index (χ0v) is 17.5. The van der Waals surface area contributed by atoms with Crippen molar-refractivity contribution in [3.8, 4) is 0 Å². The number of hydrogen-bond donors (Lipinski definition) is 2. The molecular weight excluding hydrogens is 339 g/mol. The first-order valence-corrected chi connectivity index (χ1v) is 11.4. The Hall–Kier alpha value is -0.410. The number of aliphatic hydroxyl groups excluding tert-OH is 1. The summed E-state index contributed by atoms with van der Waals surface area (Å²) in [5.74, 6) is 2.99. The van der Waals surface area contributed by atoms with Gasteiger partial charge in [0.05, 0.1) is 0 Å². The number of aliphatic hydroxyl groups is 2. The highest BCUT2D eigenvalue weighted by atomic mass is 19.1. The summed E-state index contributed by atoms with van der Waals surface area (Å²) in [5, 5.41) is 18.5. The van der Waals surface area contributed by atoms with E-state index in [0.29, 0.717) is 23.2 Å². The van der Waals surface area contributed by atoms with Crippen LogP contribution in [0.3, 0.4) is 0 Å². The maximum absolute atomic E-state index is 14.1. The van der Waals surface area contributed by atoms with Crippen molar-refractivity contribution < 1.29 is 14.6 Å². The third-order valence-electron chi connectivity index (χ3n) is 9.68. The van der Waals surface area contributed by atoms with E-state index in [0.717, 1.165) is 43.4 Å². The minimum atomic E-state index is -1.19. The minimum absolute atomic E-state index is 0.312. The van der Waals surface area contributed by atoms with Crippen LogP contribution in [0.4, 0.5) is 4.39 Å². The van der Waals surface area contributed by atoms with Crippen LogP contribution in [0.1, 0.15) is 91.4 Å². The molecule has 0 aliphatic heterocycles. The zero-order chi connectivity index (χ0) is 19.4. The Labute approximate surface area is 164 Å². The quantitative estimate of drug-likeness (QED) is 0.483. The summed E-state index contributed by atoms with van der Waals surface area (Å²) < 4.78 is 14.1. The fourth-order valence-electron chi connectivity index (χ4n) is 8.22. The first-order valence-electron chi connectivity index (χ1n) is 11.4. The standard InChI is InChI=1S/C24H39FO2/c1-15(4-9-22(26)27)19-7-8-20-18-6-5-16-14-17(25)10-12-23(16,2)21(18)11-13-24(19,20)3/h16-18,20-22,26-27H,4-14H2,1-3H3/b19-15+/t16-,17+,18+,20+,21+,23+,24-/m1/s1. The molecule has 4 rings (SSSR count). The van der Waals surface area contributed by atoms with Crippen LogP contribution in [0.15, 0.2) is 11.1 Å². The molecule has 4 fully saturated rings. The van der Waals surface area contributed by atoms with Gasteiger partial charge in [-0.05, 0) is 106 Å². The molecule has 0 amide bonds. The summed E-state index contributed by atoms with van der Waals surface area (Å²) >= 11 is 0. The van der Waals surface area contributed by atoms with Gasteiger partial charge in [-0.1, -0.05) is 25.0 Å². The normalized spacial score (nSPS) is 48.8. The van der Waals surface area contributed by atoms with E-state index in [-0.39, 0.29) is 0 Å². The molecule has 0 radical (unpaired) electrons. The van der Waals surface area contributed by atoms with Gasteiger partial charge in [-0.25, -0.2) is 4.39 Å². The van der Waals surface area contributed by atoms with Crippen LogP contribution in [-0.2, 0) is 0 Å². The Balaban J connectivity index is 1.56. The molecule has 154 valence electrons. The summed E-state index contributed by atoms with van der Waals surface area (Å²) in [5.41, 5.74) is 3.72. The van der Waals surface area contributed by atoms with E-state index in [4.69, 9.17) is 0 Å². The number of hydrogen-bond acceptors (Lipinski definition) is 2. The number of fused-ring (bicyclic) bond motifs is 5. The smallest absolute Gasteiger partial charge is 0.151 e. The number of halogens is 1. The van der Waals surface area contributed by atoms with E-state index >= 15 is 0 Å². The maximum Gasteiger partial charge on any atom is 0.151 e. The van der Waals surface area contributed by atoms with E-state index in [1.807, 2.05) is 0 Å². The van der Waals surface area contributed by atoms with Crippen LogP contribution in [0, 0.1) is 34.5 Å². The lowest BCUT2D eigenvalue weighted by atomic mass is 9.45. The van der Waals surface area contributed by atoms with Crippen molar-refractivity contribution in [3.63, 3.8) is 0 Å². The van der Waals surface area contributed by atoms with E-state index < -0.39 is 12.5 Å². The molecule has 2 nitrogen and oxygen atoms in total. The average molecular weight is 379 g/mol. The van der Waals surface area contributed by atoms with Crippen molar-refractivity contribution in [1.29, 1.82) is 0 Å². The monoisotopic (exact) mass is 378 g/mol. The van der Waals surface area contributed by atoms with E-state index in [1.54, 1.807) is 5.57 Å². The average Bonchev–Trinajstić information content (AvgIpc) is 2.97. The summed E-state index contributed by atoms with van der Waals surface area (Å²) in [6.45, 7) is 7.22. The lowest BCUT2D eigenvalue weighted by Gasteiger charge is -2.60. The highest BCUT2D eigenvalue weighted by molar-refractivity contribution is 5.28. The Morgan fingerprint density at radius 1 is 1.07 bits per heavy atom. The molecule has 7 atom stereocenters. The van der Waals surface area contributed by atoms with Gasteiger partial charge in [0.15, 0.2) is 6.29 Å². The van der Waals surface area contributed by atoms with Crippen molar-refractivity contribution >= 4 is 0 Å². The maximum atomic E-state index is 14.1. The zero-order valence-electron chi connectivity index (χ0n) is 17.5. The predicted molar refractivity (Wildman–Crippen MR) is 107 cm³/mol. The minimum Gasteiger partial charge on any atom is -0.368 e. The molecule has 4 aliphatic carbocycles. The molecule has 0 heterocycles. The fourth-order valence-corrected chi connectivity index (χ4v) is 8.22. The molecule has 4 saturated carbocycles.